The van der Waals surface area contributed by atoms with Crippen molar-refractivity contribution in [2.45, 2.75) is 38.1 Å². The first-order valence-corrected chi connectivity index (χ1v) is 7.97. The SMILES string of the molecule is CCC(c1ccccc1)C(CCc1cccs1)NC. The summed E-state index contributed by atoms with van der Waals surface area (Å²) in [4.78, 5) is 1.49. The largest absolute Gasteiger partial charge is 0.316 e. The van der Waals surface area contributed by atoms with Crippen LogP contribution in [0.1, 0.15) is 36.1 Å². The highest BCUT2D eigenvalue weighted by molar-refractivity contribution is 7.09. The Bertz CT molecular complexity index is 449. The predicted molar refractivity (Wildman–Crippen MR) is 85.0 cm³/mol. The smallest absolute Gasteiger partial charge is 0.0136 e. The Kier molecular flexibility index (Phi) is 5.62. The Morgan fingerprint density at radius 3 is 2.47 bits per heavy atom. The summed E-state index contributed by atoms with van der Waals surface area (Å²) in [6, 6.07) is 15.8. The number of rotatable bonds is 7. The molecule has 1 heterocycles. The maximum Gasteiger partial charge on any atom is 0.0136 e. The van der Waals surface area contributed by atoms with E-state index >= 15 is 0 Å². The number of hydrogen-bond acceptors (Lipinski definition) is 2. The molecule has 1 aromatic heterocycles. The van der Waals surface area contributed by atoms with Gasteiger partial charge in [-0.15, -0.1) is 11.3 Å². The van der Waals surface area contributed by atoms with Crippen LogP contribution in [0.15, 0.2) is 47.8 Å². The summed E-state index contributed by atoms with van der Waals surface area (Å²) in [5.74, 6) is 0.603. The van der Waals surface area contributed by atoms with E-state index in [4.69, 9.17) is 0 Å². The van der Waals surface area contributed by atoms with Crippen LogP contribution in [0.25, 0.3) is 0 Å². The second-order valence-corrected chi connectivity index (χ2v) is 5.97. The molecule has 0 aliphatic carbocycles. The Morgan fingerprint density at radius 2 is 1.89 bits per heavy atom. The summed E-state index contributed by atoms with van der Waals surface area (Å²) < 4.78 is 0. The van der Waals surface area contributed by atoms with Crippen LogP contribution in [-0.2, 0) is 6.42 Å². The van der Waals surface area contributed by atoms with E-state index in [-0.39, 0.29) is 0 Å². The average Bonchev–Trinajstić information content (AvgIpc) is 2.97. The summed E-state index contributed by atoms with van der Waals surface area (Å²) >= 11 is 1.86. The van der Waals surface area contributed by atoms with Crippen molar-refractivity contribution in [3.05, 3.63) is 58.3 Å². The zero-order valence-electron chi connectivity index (χ0n) is 11.8. The van der Waals surface area contributed by atoms with Crippen molar-refractivity contribution in [3.8, 4) is 0 Å². The molecule has 0 saturated carbocycles. The van der Waals surface area contributed by atoms with Crippen molar-refractivity contribution in [1.82, 2.24) is 5.32 Å². The molecule has 0 spiro atoms. The first-order chi connectivity index (χ1) is 9.35. The van der Waals surface area contributed by atoms with Crippen molar-refractivity contribution in [2.75, 3.05) is 7.05 Å². The molecule has 19 heavy (non-hydrogen) atoms. The Balaban J connectivity index is 2.02. The van der Waals surface area contributed by atoms with Crippen LogP contribution in [0.3, 0.4) is 0 Å². The summed E-state index contributed by atoms with van der Waals surface area (Å²) in [5.41, 5.74) is 1.45. The van der Waals surface area contributed by atoms with Crippen LogP contribution in [0.5, 0.6) is 0 Å². The van der Waals surface area contributed by atoms with Crippen molar-refractivity contribution in [3.63, 3.8) is 0 Å². The van der Waals surface area contributed by atoms with Gasteiger partial charge in [0.1, 0.15) is 0 Å². The summed E-state index contributed by atoms with van der Waals surface area (Å²) in [7, 11) is 2.09. The fourth-order valence-electron chi connectivity index (χ4n) is 2.75. The van der Waals surface area contributed by atoms with E-state index < -0.39 is 0 Å². The normalized spacial score (nSPS) is 14.2. The van der Waals surface area contributed by atoms with Crippen LogP contribution in [0.4, 0.5) is 0 Å². The Morgan fingerprint density at radius 1 is 1.11 bits per heavy atom. The molecule has 0 bridgehead atoms. The quantitative estimate of drug-likeness (QED) is 0.785. The number of thiophene rings is 1. The van der Waals surface area contributed by atoms with Gasteiger partial charge in [0.05, 0.1) is 0 Å². The summed E-state index contributed by atoms with van der Waals surface area (Å²) in [5, 5.41) is 5.68. The molecule has 2 aromatic rings. The highest BCUT2D eigenvalue weighted by atomic mass is 32.1. The van der Waals surface area contributed by atoms with Crippen molar-refractivity contribution in [2.24, 2.45) is 0 Å². The molecule has 2 unspecified atom stereocenters. The van der Waals surface area contributed by atoms with Crippen molar-refractivity contribution in [1.29, 1.82) is 0 Å². The lowest BCUT2D eigenvalue weighted by molar-refractivity contribution is 0.427. The highest BCUT2D eigenvalue weighted by Crippen LogP contribution is 2.26. The topological polar surface area (TPSA) is 12.0 Å². The van der Waals surface area contributed by atoms with Crippen molar-refractivity contribution < 1.29 is 0 Å². The predicted octanol–water partition coefficient (Wildman–Crippen LogP) is 4.46. The Labute approximate surface area is 120 Å². The van der Waals surface area contributed by atoms with E-state index in [1.165, 1.54) is 29.7 Å². The first-order valence-electron chi connectivity index (χ1n) is 7.09. The number of aryl methyl sites for hydroxylation is 1. The van der Waals surface area contributed by atoms with Crippen LogP contribution in [0, 0.1) is 0 Å². The van der Waals surface area contributed by atoms with E-state index in [0.29, 0.717) is 12.0 Å². The molecule has 0 fully saturated rings. The monoisotopic (exact) mass is 273 g/mol. The standard InChI is InChI=1S/C17H23NS/c1-3-16(14-8-5-4-6-9-14)17(18-2)12-11-15-10-7-13-19-15/h4-10,13,16-18H,3,11-12H2,1-2H3. The minimum atomic E-state index is 0.550. The molecule has 0 aliphatic rings. The average molecular weight is 273 g/mol. The molecular weight excluding hydrogens is 250 g/mol. The van der Waals surface area contributed by atoms with Gasteiger partial charge in [0.15, 0.2) is 0 Å². The van der Waals surface area contributed by atoms with Gasteiger partial charge in [0.2, 0.25) is 0 Å². The van der Waals surface area contributed by atoms with Crippen LogP contribution < -0.4 is 5.32 Å². The molecule has 2 heteroatoms. The molecule has 0 aliphatic heterocycles. The van der Waals surface area contributed by atoms with E-state index in [9.17, 15) is 0 Å². The van der Waals surface area contributed by atoms with Gasteiger partial charge in [0, 0.05) is 10.9 Å². The molecule has 0 saturated heterocycles. The van der Waals surface area contributed by atoms with Gasteiger partial charge in [-0.3, -0.25) is 0 Å². The van der Waals surface area contributed by atoms with Gasteiger partial charge in [-0.05, 0) is 49.2 Å². The van der Waals surface area contributed by atoms with Gasteiger partial charge in [-0.2, -0.15) is 0 Å². The van der Waals surface area contributed by atoms with E-state index in [0.717, 1.165) is 0 Å². The minimum absolute atomic E-state index is 0.550. The maximum atomic E-state index is 3.52. The number of benzene rings is 1. The Hall–Kier alpha value is -1.12. The fourth-order valence-corrected chi connectivity index (χ4v) is 3.48. The fraction of sp³-hybridized carbons (Fsp3) is 0.412. The van der Waals surface area contributed by atoms with E-state index in [1.807, 2.05) is 11.3 Å². The number of likely N-dealkylation sites (N-methyl/N-ethyl adjacent to an activating group) is 1. The second-order valence-electron chi connectivity index (χ2n) is 4.94. The lowest BCUT2D eigenvalue weighted by Gasteiger charge is -2.26. The molecule has 1 aromatic carbocycles. The van der Waals surface area contributed by atoms with Gasteiger partial charge < -0.3 is 5.32 Å². The van der Waals surface area contributed by atoms with Gasteiger partial charge >= 0.3 is 0 Å². The van der Waals surface area contributed by atoms with Gasteiger partial charge in [-0.1, -0.05) is 43.3 Å². The molecule has 1 N–H and O–H groups in total. The second kappa shape index (κ2) is 7.46. The molecule has 0 radical (unpaired) electrons. The van der Waals surface area contributed by atoms with E-state index in [2.05, 4.69) is 67.1 Å². The van der Waals surface area contributed by atoms with Crippen LogP contribution >= 0.6 is 11.3 Å². The lowest BCUT2D eigenvalue weighted by atomic mass is 9.86. The summed E-state index contributed by atoms with van der Waals surface area (Å²) in [6.07, 6.45) is 3.55. The molecule has 2 rings (SSSR count). The molecule has 102 valence electrons. The van der Waals surface area contributed by atoms with E-state index in [1.54, 1.807) is 0 Å². The molecule has 1 nitrogen and oxygen atoms in total. The zero-order chi connectivity index (χ0) is 13.5. The van der Waals surface area contributed by atoms with Gasteiger partial charge in [0.25, 0.3) is 0 Å². The third kappa shape index (κ3) is 3.92. The van der Waals surface area contributed by atoms with Crippen molar-refractivity contribution >= 4 is 11.3 Å². The molecule has 2 atom stereocenters. The summed E-state index contributed by atoms with van der Waals surface area (Å²) in [6.45, 7) is 2.28. The first kappa shape index (κ1) is 14.3. The van der Waals surface area contributed by atoms with Crippen LogP contribution in [-0.4, -0.2) is 13.1 Å². The van der Waals surface area contributed by atoms with Crippen LogP contribution in [0.2, 0.25) is 0 Å². The molecular formula is C17H23NS. The van der Waals surface area contributed by atoms with Gasteiger partial charge in [-0.25, -0.2) is 0 Å². The number of nitrogens with one attached hydrogen (secondary N) is 1. The molecule has 0 amide bonds. The number of hydrogen-bond donors (Lipinski definition) is 1. The minimum Gasteiger partial charge on any atom is -0.316 e. The third-order valence-electron chi connectivity index (χ3n) is 3.81. The highest BCUT2D eigenvalue weighted by Gasteiger charge is 2.19. The zero-order valence-corrected chi connectivity index (χ0v) is 12.6. The lowest BCUT2D eigenvalue weighted by Crippen LogP contribution is -2.32. The third-order valence-corrected chi connectivity index (χ3v) is 4.74. The maximum absolute atomic E-state index is 3.52.